The summed E-state index contributed by atoms with van der Waals surface area (Å²) in [7, 11) is 4.35. The largest absolute Gasteiger partial charge is 0.313 e. The number of nitrogens with one attached hydrogen (secondary N) is 1. The Morgan fingerprint density at radius 1 is 1.33 bits per heavy atom. The Balaban J connectivity index is 2.13. The fourth-order valence-electron chi connectivity index (χ4n) is 2.66. The van der Waals surface area contributed by atoms with Gasteiger partial charge < -0.3 is 10.2 Å². The van der Waals surface area contributed by atoms with Crippen molar-refractivity contribution in [2.24, 2.45) is 5.92 Å². The zero-order chi connectivity index (χ0) is 13.4. The standard InChI is InChI=1S/C15H31N3/c1-5-8-16-11-14(2)12-18-9-6-15(7-10-18)13-17(3)4/h15-16H,2,5-13H2,1,3-4H3. The highest BCUT2D eigenvalue weighted by atomic mass is 15.1. The van der Waals surface area contributed by atoms with Gasteiger partial charge in [-0.15, -0.1) is 0 Å². The van der Waals surface area contributed by atoms with Crippen LogP contribution in [0.2, 0.25) is 0 Å². The molecule has 0 aliphatic carbocycles. The first-order valence-electron chi connectivity index (χ1n) is 7.36. The van der Waals surface area contributed by atoms with Gasteiger partial charge in [0.2, 0.25) is 0 Å². The first-order valence-corrected chi connectivity index (χ1v) is 7.36. The van der Waals surface area contributed by atoms with E-state index in [4.69, 9.17) is 0 Å². The lowest BCUT2D eigenvalue weighted by molar-refractivity contribution is 0.172. The lowest BCUT2D eigenvalue weighted by atomic mass is 9.96. The average Bonchev–Trinajstić information content (AvgIpc) is 2.31. The predicted molar refractivity (Wildman–Crippen MR) is 80.0 cm³/mol. The summed E-state index contributed by atoms with van der Waals surface area (Å²) in [5.74, 6) is 0.891. The molecular formula is C15H31N3. The van der Waals surface area contributed by atoms with Gasteiger partial charge in [0, 0.05) is 19.6 Å². The lowest BCUT2D eigenvalue weighted by Gasteiger charge is -2.33. The molecule has 1 aliphatic heterocycles. The quantitative estimate of drug-likeness (QED) is 0.526. The SMILES string of the molecule is C=C(CNCCC)CN1CCC(CN(C)C)CC1. The van der Waals surface area contributed by atoms with Crippen molar-refractivity contribution in [2.75, 3.05) is 53.4 Å². The van der Waals surface area contributed by atoms with Crippen LogP contribution < -0.4 is 5.32 Å². The van der Waals surface area contributed by atoms with Gasteiger partial charge in [0.15, 0.2) is 0 Å². The highest BCUT2D eigenvalue weighted by molar-refractivity contribution is 5.00. The molecule has 3 nitrogen and oxygen atoms in total. The minimum absolute atomic E-state index is 0.891. The van der Waals surface area contributed by atoms with E-state index in [2.05, 4.69) is 42.7 Å². The van der Waals surface area contributed by atoms with E-state index in [1.54, 1.807) is 0 Å². The van der Waals surface area contributed by atoms with Crippen molar-refractivity contribution in [1.29, 1.82) is 0 Å². The van der Waals surface area contributed by atoms with Crippen molar-refractivity contribution in [3.05, 3.63) is 12.2 Å². The molecule has 0 saturated carbocycles. The molecule has 0 amide bonds. The van der Waals surface area contributed by atoms with Crippen molar-refractivity contribution >= 4 is 0 Å². The molecule has 1 aliphatic rings. The van der Waals surface area contributed by atoms with Gasteiger partial charge in [0.1, 0.15) is 0 Å². The highest BCUT2D eigenvalue weighted by Crippen LogP contribution is 2.18. The maximum atomic E-state index is 4.18. The maximum absolute atomic E-state index is 4.18. The third-order valence-electron chi connectivity index (χ3n) is 3.58. The zero-order valence-corrected chi connectivity index (χ0v) is 12.5. The Kier molecular flexibility index (Phi) is 7.56. The molecule has 3 heteroatoms. The molecule has 0 aromatic carbocycles. The van der Waals surface area contributed by atoms with E-state index in [0.29, 0.717) is 0 Å². The van der Waals surface area contributed by atoms with Gasteiger partial charge in [-0.05, 0) is 64.5 Å². The van der Waals surface area contributed by atoms with Gasteiger partial charge in [0.25, 0.3) is 0 Å². The van der Waals surface area contributed by atoms with Crippen molar-refractivity contribution < 1.29 is 0 Å². The van der Waals surface area contributed by atoms with Crippen LogP contribution in [0.25, 0.3) is 0 Å². The summed E-state index contributed by atoms with van der Waals surface area (Å²) in [6.45, 7) is 13.3. The maximum Gasteiger partial charge on any atom is 0.0202 e. The Hall–Kier alpha value is -0.380. The van der Waals surface area contributed by atoms with Gasteiger partial charge in [-0.3, -0.25) is 4.90 Å². The first kappa shape index (κ1) is 15.7. The topological polar surface area (TPSA) is 18.5 Å². The molecule has 1 rings (SSSR count). The molecule has 0 unspecified atom stereocenters. The van der Waals surface area contributed by atoms with Gasteiger partial charge >= 0.3 is 0 Å². The van der Waals surface area contributed by atoms with Crippen molar-refractivity contribution in [3.8, 4) is 0 Å². The minimum atomic E-state index is 0.891. The second-order valence-corrected chi connectivity index (χ2v) is 5.91. The zero-order valence-electron chi connectivity index (χ0n) is 12.5. The summed E-state index contributed by atoms with van der Waals surface area (Å²) in [6.07, 6.45) is 3.88. The van der Waals surface area contributed by atoms with E-state index < -0.39 is 0 Å². The molecule has 0 radical (unpaired) electrons. The van der Waals surface area contributed by atoms with Gasteiger partial charge in [-0.25, -0.2) is 0 Å². The molecule has 18 heavy (non-hydrogen) atoms. The molecule has 106 valence electrons. The summed E-state index contributed by atoms with van der Waals surface area (Å²) in [6, 6.07) is 0. The summed E-state index contributed by atoms with van der Waals surface area (Å²) in [5, 5.41) is 3.43. The van der Waals surface area contributed by atoms with E-state index in [1.165, 1.54) is 44.5 Å². The molecule has 1 N–H and O–H groups in total. The van der Waals surface area contributed by atoms with Crippen LogP contribution in [-0.4, -0.2) is 63.2 Å². The fraction of sp³-hybridized carbons (Fsp3) is 0.867. The molecule has 0 aromatic rings. The summed E-state index contributed by atoms with van der Waals surface area (Å²) in [5.41, 5.74) is 1.33. The Morgan fingerprint density at radius 3 is 2.56 bits per heavy atom. The van der Waals surface area contributed by atoms with Crippen LogP contribution in [-0.2, 0) is 0 Å². The van der Waals surface area contributed by atoms with Crippen LogP contribution in [0.5, 0.6) is 0 Å². The summed E-state index contributed by atoms with van der Waals surface area (Å²) < 4.78 is 0. The van der Waals surface area contributed by atoms with Gasteiger partial charge in [-0.1, -0.05) is 13.5 Å². The molecule has 1 fully saturated rings. The van der Waals surface area contributed by atoms with Crippen LogP contribution >= 0.6 is 0 Å². The lowest BCUT2D eigenvalue weighted by Crippen LogP contribution is -2.38. The summed E-state index contributed by atoms with van der Waals surface area (Å²) >= 11 is 0. The normalized spacial score (nSPS) is 18.4. The highest BCUT2D eigenvalue weighted by Gasteiger charge is 2.19. The summed E-state index contributed by atoms with van der Waals surface area (Å²) in [4.78, 5) is 4.87. The first-order chi connectivity index (χ1) is 8.61. The van der Waals surface area contributed by atoms with E-state index in [-0.39, 0.29) is 0 Å². The average molecular weight is 253 g/mol. The van der Waals surface area contributed by atoms with Crippen molar-refractivity contribution in [2.45, 2.75) is 26.2 Å². The van der Waals surface area contributed by atoms with Crippen molar-refractivity contribution in [3.63, 3.8) is 0 Å². The van der Waals surface area contributed by atoms with Crippen molar-refractivity contribution in [1.82, 2.24) is 15.1 Å². The molecule has 0 atom stereocenters. The van der Waals surface area contributed by atoms with E-state index in [1.807, 2.05) is 0 Å². The number of piperidine rings is 1. The smallest absolute Gasteiger partial charge is 0.0202 e. The number of rotatable bonds is 8. The van der Waals surface area contributed by atoms with Crippen LogP contribution in [0.4, 0.5) is 0 Å². The number of hydrogen-bond acceptors (Lipinski definition) is 3. The Morgan fingerprint density at radius 2 is 2.00 bits per heavy atom. The molecular weight excluding hydrogens is 222 g/mol. The molecule has 0 spiro atoms. The second kappa shape index (κ2) is 8.68. The van der Waals surface area contributed by atoms with Crippen LogP contribution in [0.3, 0.4) is 0 Å². The predicted octanol–water partition coefficient (Wildman–Crippen LogP) is 1.82. The third kappa shape index (κ3) is 6.53. The second-order valence-electron chi connectivity index (χ2n) is 5.91. The Labute approximate surface area is 113 Å². The van der Waals surface area contributed by atoms with E-state index >= 15 is 0 Å². The number of nitrogens with zero attached hydrogens (tertiary/aromatic N) is 2. The molecule has 0 aromatic heterocycles. The monoisotopic (exact) mass is 253 g/mol. The number of hydrogen-bond donors (Lipinski definition) is 1. The van der Waals surface area contributed by atoms with Crippen LogP contribution in [0.15, 0.2) is 12.2 Å². The minimum Gasteiger partial charge on any atom is -0.313 e. The van der Waals surface area contributed by atoms with Crippen LogP contribution in [0, 0.1) is 5.92 Å². The van der Waals surface area contributed by atoms with Crippen LogP contribution in [0.1, 0.15) is 26.2 Å². The Bertz CT molecular complexity index is 230. The fourth-order valence-corrected chi connectivity index (χ4v) is 2.66. The molecule has 1 heterocycles. The molecule has 1 saturated heterocycles. The van der Waals surface area contributed by atoms with Gasteiger partial charge in [0.05, 0.1) is 0 Å². The molecule has 0 bridgehead atoms. The van der Waals surface area contributed by atoms with Gasteiger partial charge in [-0.2, -0.15) is 0 Å². The number of likely N-dealkylation sites (tertiary alicyclic amines) is 1. The third-order valence-corrected chi connectivity index (χ3v) is 3.58. The van der Waals surface area contributed by atoms with E-state index in [0.717, 1.165) is 25.6 Å². The van der Waals surface area contributed by atoms with E-state index in [9.17, 15) is 0 Å².